The summed E-state index contributed by atoms with van der Waals surface area (Å²) in [5.74, 6) is 0.493. The number of benzene rings is 8. The molecule has 1 nitrogen and oxygen atoms in total. The van der Waals surface area contributed by atoms with Crippen LogP contribution < -0.4 is 4.90 Å². The van der Waals surface area contributed by atoms with Crippen LogP contribution in [0, 0.1) is 5.92 Å². The number of fused-ring (bicyclic) bond motifs is 5. The molecule has 8 aromatic carbocycles. The van der Waals surface area contributed by atoms with Gasteiger partial charge in [0, 0.05) is 23.0 Å². The Morgan fingerprint density at radius 3 is 1.68 bits per heavy atom. The number of hydrogen-bond donors (Lipinski definition) is 0. The van der Waals surface area contributed by atoms with Gasteiger partial charge in [-0.1, -0.05) is 218 Å². The zero-order valence-corrected chi connectivity index (χ0v) is 35.2. The maximum atomic E-state index is 2.53. The van der Waals surface area contributed by atoms with Crippen LogP contribution in [0.5, 0.6) is 0 Å². The average Bonchev–Trinajstić information content (AvgIpc) is 3.68. The van der Waals surface area contributed by atoms with Crippen LogP contribution in [0.1, 0.15) is 68.8 Å². The highest BCUT2D eigenvalue weighted by Gasteiger charge is 2.58. The molecule has 4 aliphatic carbocycles. The lowest BCUT2D eigenvalue weighted by atomic mass is 9.49. The summed E-state index contributed by atoms with van der Waals surface area (Å²) in [6.45, 7) is 0. The highest BCUT2D eigenvalue weighted by molar-refractivity contribution is 5.91. The van der Waals surface area contributed by atoms with Crippen LogP contribution >= 0.6 is 0 Å². The molecular formula is C62H47N. The molecule has 0 fully saturated rings. The van der Waals surface area contributed by atoms with E-state index in [0.717, 1.165) is 24.2 Å². The first-order valence-electron chi connectivity index (χ1n) is 22.5. The Morgan fingerprint density at radius 2 is 1.00 bits per heavy atom. The van der Waals surface area contributed by atoms with Crippen molar-refractivity contribution in [2.45, 2.75) is 29.6 Å². The molecule has 0 saturated heterocycles. The third kappa shape index (κ3) is 5.69. The molecule has 0 radical (unpaired) electrons. The molecule has 0 spiro atoms. The minimum atomic E-state index is -0.455. The third-order valence-electron chi connectivity index (χ3n) is 14.4. The van der Waals surface area contributed by atoms with E-state index in [1.165, 1.54) is 72.5 Å². The average molecular weight is 806 g/mol. The van der Waals surface area contributed by atoms with E-state index >= 15 is 0 Å². The van der Waals surface area contributed by atoms with Gasteiger partial charge >= 0.3 is 0 Å². The van der Waals surface area contributed by atoms with Crippen molar-refractivity contribution in [1.82, 2.24) is 0 Å². The van der Waals surface area contributed by atoms with Gasteiger partial charge in [0.15, 0.2) is 0 Å². The van der Waals surface area contributed by atoms with Gasteiger partial charge in [-0.15, -0.1) is 0 Å². The predicted molar refractivity (Wildman–Crippen MR) is 261 cm³/mol. The molecule has 0 heterocycles. The number of para-hydroxylation sites is 1. The minimum Gasteiger partial charge on any atom is -0.311 e. The molecule has 4 aliphatic rings. The van der Waals surface area contributed by atoms with E-state index in [4.69, 9.17) is 0 Å². The second-order valence-electron chi connectivity index (χ2n) is 17.4. The lowest BCUT2D eigenvalue weighted by Crippen LogP contribution is -2.47. The van der Waals surface area contributed by atoms with E-state index in [2.05, 4.69) is 254 Å². The Balaban J connectivity index is 0.968. The Morgan fingerprint density at radius 1 is 0.413 bits per heavy atom. The number of hydrogen-bond acceptors (Lipinski definition) is 1. The molecule has 0 aliphatic heterocycles. The fourth-order valence-corrected chi connectivity index (χ4v) is 11.7. The van der Waals surface area contributed by atoms with Crippen LogP contribution in [-0.2, 0) is 10.8 Å². The normalized spacial score (nSPS) is 21.4. The number of allylic oxidation sites excluding steroid dienone is 7. The van der Waals surface area contributed by atoms with Crippen molar-refractivity contribution in [2.75, 3.05) is 4.90 Å². The summed E-state index contributed by atoms with van der Waals surface area (Å²) in [6.07, 6.45) is 16.3. The molecule has 8 aromatic rings. The lowest BCUT2D eigenvalue weighted by Gasteiger charge is -2.52. The summed E-state index contributed by atoms with van der Waals surface area (Å²) in [5, 5.41) is 0. The van der Waals surface area contributed by atoms with Gasteiger partial charge in [-0.05, 0) is 116 Å². The van der Waals surface area contributed by atoms with Crippen molar-refractivity contribution in [3.8, 4) is 11.1 Å². The van der Waals surface area contributed by atoms with Crippen LogP contribution in [0.3, 0.4) is 0 Å². The molecule has 1 heteroatoms. The van der Waals surface area contributed by atoms with E-state index in [1.54, 1.807) is 0 Å². The minimum absolute atomic E-state index is 0.140. The fraction of sp³-hybridized carbons (Fsp3) is 0.0968. The van der Waals surface area contributed by atoms with E-state index < -0.39 is 10.8 Å². The summed E-state index contributed by atoms with van der Waals surface area (Å²) in [5.41, 5.74) is 18.8. The van der Waals surface area contributed by atoms with Gasteiger partial charge in [-0.25, -0.2) is 0 Å². The third-order valence-corrected chi connectivity index (χ3v) is 14.4. The number of rotatable bonds is 8. The summed E-state index contributed by atoms with van der Waals surface area (Å²) < 4.78 is 0. The van der Waals surface area contributed by atoms with Crippen molar-refractivity contribution in [1.29, 1.82) is 0 Å². The van der Waals surface area contributed by atoms with E-state index in [-0.39, 0.29) is 5.92 Å². The van der Waals surface area contributed by atoms with Crippen molar-refractivity contribution >= 4 is 16.9 Å². The first-order chi connectivity index (χ1) is 31.3. The standard InChI is InChI=1S/C62H47N/c1-5-18-44(19-6-1)45-32-34-46(35-33-45)47-36-40-52(41-37-47)63(51-24-11-4-12-25-51)53-42-38-50(39-43-53)61(48-20-7-2-8-21-48)57-29-15-16-30-58(57)62(49-22-9-3-10-23-49)56-28-14-13-26-54(56)55-27-17-31-59(61)60(55)62/h1-34,36-38,40-43,46,50H,35,39H2. The van der Waals surface area contributed by atoms with Gasteiger partial charge in [0.1, 0.15) is 0 Å². The Hall–Kier alpha value is -7.48. The monoisotopic (exact) mass is 805 g/mol. The Kier molecular flexibility index (Phi) is 8.97. The van der Waals surface area contributed by atoms with Crippen LogP contribution in [0.2, 0.25) is 0 Å². The molecule has 300 valence electrons. The van der Waals surface area contributed by atoms with E-state index in [1.807, 2.05) is 0 Å². The topological polar surface area (TPSA) is 3.24 Å². The molecular weight excluding hydrogens is 759 g/mol. The van der Waals surface area contributed by atoms with Gasteiger partial charge in [-0.2, -0.15) is 0 Å². The maximum absolute atomic E-state index is 2.53. The smallest absolute Gasteiger partial charge is 0.0719 e. The van der Waals surface area contributed by atoms with Crippen LogP contribution in [0.4, 0.5) is 11.4 Å². The summed E-state index contributed by atoms with van der Waals surface area (Å²) in [7, 11) is 0. The van der Waals surface area contributed by atoms with Crippen molar-refractivity contribution in [2.24, 2.45) is 5.92 Å². The SMILES string of the molecule is C1=CC(c2ccc(N(C3=CCC(C4(c5ccccc5)c5ccccc5C5(c6ccccc6)c6ccccc6-c6cccc4c65)C=C3)c3ccccc3)cc2)CC=C1c1ccccc1. The number of nitrogens with zero attached hydrogens (tertiary/aromatic N) is 1. The first-order valence-corrected chi connectivity index (χ1v) is 22.5. The van der Waals surface area contributed by atoms with Gasteiger partial charge in [0.05, 0.1) is 10.8 Å². The van der Waals surface area contributed by atoms with Crippen molar-refractivity contribution in [3.63, 3.8) is 0 Å². The summed E-state index contributed by atoms with van der Waals surface area (Å²) in [4.78, 5) is 2.43. The van der Waals surface area contributed by atoms with Gasteiger partial charge in [0.2, 0.25) is 0 Å². The van der Waals surface area contributed by atoms with Gasteiger partial charge < -0.3 is 4.90 Å². The summed E-state index contributed by atoms with van der Waals surface area (Å²) >= 11 is 0. The lowest BCUT2D eigenvalue weighted by molar-refractivity contribution is 0.422. The zero-order valence-electron chi connectivity index (χ0n) is 35.2. The number of anilines is 2. The van der Waals surface area contributed by atoms with Gasteiger partial charge in [0.25, 0.3) is 0 Å². The van der Waals surface area contributed by atoms with Crippen LogP contribution in [0.15, 0.2) is 254 Å². The van der Waals surface area contributed by atoms with Crippen molar-refractivity contribution in [3.05, 3.63) is 305 Å². The van der Waals surface area contributed by atoms with Crippen LogP contribution in [-0.4, -0.2) is 0 Å². The largest absolute Gasteiger partial charge is 0.311 e. The second kappa shape index (κ2) is 15.2. The molecule has 0 N–H and O–H groups in total. The molecule has 0 bridgehead atoms. The van der Waals surface area contributed by atoms with Crippen LogP contribution in [0.25, 0.3) is 16.7 Å². The molecule has 63 heavy (non-hydrogen) atoms. The summed E-state index contributed by atoms with van der Waals surface area (Å²) in [6, 6.07) is 79.1. The molecule has 4 atom stereocenters. The second-order valence-corrected chi connectivity index (χ2v) is 17.4. The van der Waals surface area contributed by atoms with E-state index in [0.29, 0.717) is 5.92 Å². The molecule has 12 rings (SSSR count). The van der Waals surface area contributed by atoms with E-state index in [9.17, 15) is 0 Å². The van der Waals surface area contributed by atoms with Crippen molar-refractivity contribution < 1.29 is 0 Å². The quantitative estimate of drug-likeness (QED) is 0.148. The zero-order chi connectivity index (χ0) is 41.8. The highest BCUT2D eigenvalue weighted by atomic mass is 15.1. The Bertz CT molecular complexity index is 3100. The Labute approximate surface area is 371 Å². The molecule has 4 unspecified atom stereocenters. The molecule has 0 amide bonds. The highest BCUT2D eigenvalue weighted by Crippen LogP contribution is 2.66. The molecule has 0 aromatic heterocycles. The fourth-order valence-electron chi connectivity index (χ4n) is 11.7. The predicted octanol–water partition coefficient (Wildman–Crippen LogP) is 15.1. The first kappa shape index (κ1) is 37.3. The maximum Gasteiger partial charge on any atom is 0.0719 e. The van der Waals surface area contributed by atoms with Gasteiger partial charge in [-0.3, -0.25) is 0 Å². The molecule has 0 saturated carbocycles.